The second kappa shape index (κ2) is 10.2. The Balaban J connectivity index is 1.31. The molecule has 6 N–H and O–H groups in total. The third-order valence-electron chi connectivity index (χ3n) is 6.37. The van der Waals surface area contributed by atoms with Crippen LogP contribution in [-0.4, -0.2) is 54.5 Å². The minimum atomic E-state index is -4.62. The number of amides is 2. The highest BCUT2D eigenvalue weighted by molar-refractivity contribution is 6.34. The van der Waals surface area contributed by atoms with Gasteiger partial charge < -0.3 is 21.7 Å². The predicted molar refractivity (Wildman–Crippen MR) is 136 cm³/mol. The van der Waals surface area contributed by atoms with Crippen molar-refractivity contribution in [3.8, 4) is 11.3 Å². The standard InChI is InChI=1S/C24H23ClF3N9O2/c1-11(22(38)35-14-6-12(29)7-14)33-23(39)15-3-2-13(8-17(15)25)34-20-21-31-10-18(37(21)5-4-30-20)16-9-32-36-19(16)24(26,27)28/h2-5,8-12,14H,6-7,29H2,1H3,(H,30,34)(H,32,36)(H,33,39)(H,35,38). The SMILES string of the molecule is CC(NC(=O)c1ccc(Nc2nccn3c(-c4cn[nH]c4C(F)(F)F)cnc23)cc1Cl)C(=O)NC1CC(N)C1. The van der Waals surface area contributed by atoms with Crippen LogP contribution >= 0.6 is 11.6 Å². The van der Waals surface area contributed by atoms with Crippen LogP contribution in [0, 0.1) is 0 Å². The summed E-state index contributed by atoms with van der Waals surface area (Å²) in [6, 6.07) is 3.86. The van der Waals surface area contributed by atoms with Crippen molar-refractivity contribution in [3.63, 3.8) is 0 Å². The van der Waals surface area contributed by atoms with Crippen molar-refractivity contribution in [2.24, 2.45) is 5.73 Å². The van der Waals surface area contributed by atoms with E-state index in [4.69, 9.17) is 17.3 Å². The second-order valence-corrected chi connectivity index (χ2v) is 9.63. The Labute approximate surface area is 224 Å². The number of carbonyl (C=O) groups is 2. The summed E-state index contributed by atoms with van der Waals surface area (Å²) in [7, 11) is 0. The molecule has 0 saturated heterocycles. The highest BCUT2D eigenvalue weighted by Crippen LogP contribution is 2.36. The van der Waals surface area contributed by atoms with E-state index in [9.17, 15) is 22.8 Å². The number of nitrogens with one attached hydrogen (secondary N) is 4. The van der Waals surface area contributed by atoms with Gasteiger partial charge >= 0.3 is 6.18 Å². The molecule has 5 rings (SSSR count). The van der Waals surface area contributed by atoms with Crippen molar-refractivity contribution in [2.45, 2.75) is 44.1 Å². The summed E-state index contributed by atoms with van der Waals surface area (Å²) in [6.45, 7) is 1.57. The number of H-pyrrole nitrogens is 1. The molecule has 1 unspecified atom stereocenters. The molecule has 3 heterocycles. The number of aromatic amines is 1. The molecule has 11 nitrogen and oxygen atoms in total. The predicted octanol–water partition coefficient (Wildman–Crippen LogP) is 3.26. The topological polar surface area (TPSA) is 155 Å². The summed E-state index contributed by atoms with van der Waals surface area (Å²) in [4.78, 5) is 33.5. The van der Waals surface area contributed by atoms with Crippen LogP contribution < -0.4 is 21.7 Å². The first-order valence-electron chi connectivity index (χ1n) is 11.9. The molecule has 1 aromatic carbocycles. The van der Waals surface area contributed by atoms with Gasteiger partial charge in [-0.25, -0.2) is 9.97 Å². The van der Waals surface area contributed by atoms with Gasteiger partial charge in [-0.05, 0) is 38.0 Å². The highest BCUT2D eigenvalue weighted by atomic mass is 35.5. The van der Waals surface area contributed by atoms with E-state index in [1.807, 2.05) is 5.10 Å². The van der Waals surface area contributed by atoms with E-state index in [0.717, 1.165) is 6.20 Å². The maximum Gasteiger partial charge on any atom is 0.433 e. The second-order valence-electron chi connectivity index (χ2n) is 9.22. The highest BCUT2D eigenvalue weighted by Gasteiger charge is 2.36. The van der Waals surface area contributed by atoms with Gasteiger partial charge in [-0.15, -0.1) is 0 Å². The van der Waals surface area contributed by atoms with E-state index in [0.29, 0.717) is 18.5 Å². The molecule has 15 heteroatoms. The van der Waals surface area contributed by atoms with Crippen LogP contribution in [0.15, 0.2) is 43.0 Å². The maximum atomic E-state index is 13.4. The quantitative estimate of drug-likeness (QED) is 0.232. The van der Waals surface area contributed by atoms with Crippen molar-refractivity contribution < 1.29 is 22.8 Å². The molecule has 0 radical (unpaired) electrons. The number of nitrogens with zero attached hydrogens (tertiary/aromatic N) is 4. The average molecular weight is 562 g/mol. The van der Waals surface area contributed by atoms with Crippen molar-refractivity contribution >= 4 is 40.6 Å². The minimum Gasteiger partial charge on any atom is -0.351 e. The third kappa shape index (κ3) is 5.38. The molecule has 0 aliphatic heterocycles. The maximum absolute atomic E-state index is 13.4. The molecule has 3 aromatic heterocycles. The lowest BCUT2D eigenvalue weighted by molar-refractivity contribution is -0.140. The number of alkyl halides is 3. The van der Waals surface area contributed by atoms with E-state index >= 15 is 0 Å². The fourth-order valence-electron chi connectivity index (χ4n) is 4.26. The Morgan fingerprint density at radius 2 is 2.00 bits per heavy atom. The number of hydrogen-bond donors (Lipinski definition) is 5. The van der Waals surface area contributed by atoms with Gasteiger partial charge in [-0.3, -0.25) is 19.1 Å². The van der Waals surface area contributed by atoms with Crippen LogP contribution in [0.3, 0.4) is 0 Å². The molecule has 39 heavy (non-hydrogen) atoms. The first-order chi connectivity index (χ1) is 18.5. The minimum absolute atomic E-state index is 0.0106. The first-order valence-corrected chi connectivity index (χ1v) is 12.3. The van der Waals surface area contributed by atoms with Crippen molar-refractivity contribution in [3.05, 3.63) is 59.3 Å². The van der Waals surface area contributed by atoms with E-state index in [1.54, 1.807) is 13.0 Å². The van der Waals surface area contributed by atoms with Crippen molar-refractivity contribution in [1.29, 1.82) is 0 Å². The molecule has 4 aromatic rings. The van der Waals surface area contributed by atoms with Gasteiger partial charge in [0.15, 0.2) is 11.5 Å². The molecule has 1 fully saturated rings. The summed E-state index contributed by atoms with van der Waals surface area (Å²) in [6.07, 6.45) is 2.03. The van der Waals surface area contributed by atoms with Crippen LogP contribution in [0.25, 0.3) is 16.9 Å². The molecular weight excluding hydrogens is 539 g/mol. The zero-order chi connectivity index (χ0) is 27.9. The third-order valence-corrected chi connectivity index (χ3v) is 6.68. The van der Waals surface area contributed by atoms with E-state index in [2.05, 4.69) is 31.0 Å². The van der Waals surface area contributed by atoms with Crippen LogP contribution in [0.4, 0.5) is 24.7 Å². The van der Waals surface area contributed by atoms with Crippen molar-refractivity contribution in [2.75, 3.05) is 5.32 Å². The number of imidazole rings is 1. The fourth-order valence-corrected chi connectivity index (χ4v) is 4.53. The Morgan fingerprint density at radius 3 is 2.69 bits per heavy atom. The lowest BCUT2D eigenvalue weighted by Crippen LogP contribution is -2.54. The van der Waals surface area contributed by atoms with Crippen LogP contribution in [0.5, 0.6) is 0 Å². The van der Waals surface area contributed by atoms with Gasteiger partial charge in [0, 0.05) is 30.2 Å². The number of carbonyl (C=O) groups excluding carboxylic acids is 2. The Bertz CT molecular complexity index is 1550. The number of fused-ring (bicyclic) bond motifs is 1. The first kappa shape index (κ1) is 26.4. The largest absolute Gasteiger partial charge is 0.433 e. The van der Waals surface area contributed by atoms with E-state index in [1.165, 1.54) is 35.1 Å². The summed E-state index contributed by atoms with van der Waals surface area (Å²) in [5, 5.41) is 14.1. The van der Waals surface area contributed by atoms with Gasteiger partial charge in [0.2, 0.25) is 5.91 Å². The summed E-state index contributed by atoms with van der Waals surface area (Å²) >= 11 is 6.36. The molecule has 2 amide bonds. The van der Waals surface area contributed by atoms with Crippen LogP contribution in [0.1, 0.15) is 35.8 Å². The average Bonchev–Trinajstić information content (AvgIpc) is 3.50. The summed E-state index contributed by atoms with van der Waals surface area (Å²) in [5.74, 6) is -0.598. The fraction of sp³-hybridized carbons (Fsp3) is 0.292. The molecule has 1 saturated carbocycles. The number of aromatic nitrogens is 5. The molecule has 1 aliphatic carbocycles. The van der Waals surface area contributed by atoms with Crippen LogP contribution in [0.2, 0.25) is 5.02 Å². The van der Waals surface area contributed by atoms with Gasteiger partial charge in [0.1, 0.15) is 11.7 Å². The monoisotopic (exact) mass is 561 g/mol. The van der Waals surface area contributed by atoms with E-state index < -0.39 is 23.8 Å². The Kier molecular flexibility index (Phi) is 6.91. The molecule has 0 bridgehead atoms. The summed E-state index contributed by atoms with van der Waals surface area (Å²) < 4.78 is 41.5. The molecule has 204 valence electrons. The lowest BCUT2D eigenvalue weighted by atomic mass is 9.87. The molecule has 1 atom stereocenters. The van der Waals surface area contributed by atoms with Gasteiger partial charge in [-0.1, -0.05) is 11.6 Å². The summed E-state index contributed by atoms with van der Waals surface area (Å²) in [5.41, 5.74) is 5.61. The van der Waals surface area contributed by atoms with E-state index in [-0.39, 0.29) is 51.3 Å². The Hall–Kier alpha value is -4.17. The number of nitrogens with two attached hydrogens (primary N) is 1. The van der Waals surface area contributed by atoms with Gasteiger partial charge in [0.25, 0.3) is 5.91 Å². The lowest BCUT2D eigenvalue weighted by Gasteiger charge is -2.33. The number of benzene rings is 1. The smallest absolute Gasteiger partial charge is 0.351 e. The molecular formula is C24H23ClF3N9O2. The van der Waals surface area contributed by atoms with Gasteiger partial charge in [-0.2, -0.15) is 18.3 Å². The normalized spacial score (nSPS) is 17.9. The number of halogens is 4. The Morgan fingerprint density at radius 1 is 1.23 bits per heavy atom. The van der Waals surface area contributed by atoms with Gasteiger partial charge in [0.05, 0.1) is 34.2 Å². The van der Waals surface area contributed by atoms with Crippen molar-refractivity contribution in [1.82, 2.24) is 35.2 Å². The number of rotatable bonds is 7. The van der Waals surface area contributed by atoms with Crippen LogP contribution in [-0.2, 0) is 11.0 Å². The molecule has 0 spiro atoms. The zero-order valence-corrected chi connectivity index (χ0v) is 21.1. The zero-order valence-electron chi connectivity index (χ0n) is 20.4. The number of hydrogen-bond acceptors (Lipinski definition) is 7. The molecule has 1 aliphatic rings. The number of anilines is 2.